The third-order valence-corrected chi connectivity index (χ3v) is 5.55. The second-order valence-corrected chi connectivity index (χ2v) is 7.34. The van der Waals surface area contributed by atoms with Crippen molar-refractivity contribution in [1.29, 1.82) is 0 Å². The number of piperazine rings is 1. The van der Waals surface area contributed by atoms with Crippen molar-refractivity contribution in [3.8, 4) is 11.4 Å². The maximum Gasteiger partial charge on any atom is 0.416 e. The number of rotatable bonds is 4. The Labute approximate surface area is 156 Å². The van der Waals surface area contributed by atoms with Crippen LogP contribution < -0.4 is 0 Å². The first-order valence-corrected chi connectivity index (χ1v) is 9.46. The molecule has 1 aliphatic heterocycles. The van der Waals surface area contributed by atoms with Gasteiger partial charge in [-0.2, -0.15) is 18.2 Å². The van der Waals surface area contributed by atoms with Crippen LogP contribution in [-0.2, 0) is 12.7 Å². The predicted octanol–water partition coefficient (Wildman–Crippen LogP) is 3.82. The predicted molar refractivity (Wildman–Crippen MR) is 93.8 cm³/mol. The molecular formula is C19H23F3N4O. The van der Waals surface area contributed by atoms with Crippen LogP contribution in [-0.4, -0.2) is 52.2 Å². The van der Waals surface area contributed by atoms with E-state index in [1.165, 1.54) is 37.8 Å². The van der Waals surface area contributed by atoms with Crippen molar-refractivity contribution in [3.05, 3.63) is 35.7 Å². The average molecular weight is 380 g/mol. The van der Waals surface area contributed by atoms with E-state index < -0.39 is 11.7 Å². The highest BCUT2D eigenvalue weighted by molar-refractivity contribution is 5.54. The molecule has 1 aromatic carbocycles. The van der Waals surface area contributed by atoms with Crippen LogP contribution in [0.25, 0.3) is 11.4 Å². The van der Waals surface area contributed by atoms with E-state index in [1.54, 1.807) is 0 Å². The van der Waals surface area contributed by atoms with Crippen LogP contribution in [0.4, 0.5) is 13.2 Å². The third kappa shape index (κ3) is 4.32. The first-order chi connectivity index (χ1) is 13.0. The van der Waals surface area contributed by atoms with Gasteiger partial charge >= 0.3 is 6.18 Å². The molecule has 1 aromatic heterocycles. The zero-order chi connectivity index (χ0) is 18.9. The lowest BCUT2D eigenvalue weighted by molar-refractivity contribution is -0.137. The van der Waals surface area contributed by atoms with Gasteiger partial charge in [-0.3, -0.25) is 9.80 Å². The molecule has 146 valence electrons. The Kier molecular flexibility index (Phi) is 5.19. The minimum Gasteiger partial charge on any atom is -0.338 e. The zero-order valence-electron chi connectivity index (χ0n) is 15.1. The van der Waals surface area contributed by atoms with Crippen molar-refractivity contribution in [2.45, 2.75) is 44.4 Å². The molecule has 5 nitrogen and oxygen atoms in total. The number of hydrogen-bond donors (Lipinski definition) is 0. The van der Waals surface area contributed by atoms with E-state index in [0.29, 0.717) is 23.8 Å². The summed E-state index contributed by atoms with van der Waals surface area (Å²) in [6.45, 7) is 4.63. The fraction of sp³-hybridized carbons (Fsp3) is 0.579. The molecule has 2 aromatic rings. The Balaban J connectivity index is 1.33. The fourth-order valence-electron chi connectivity index (χ4n) is 3.99. The van der Waals surface area contributed by atoms with E-state index >= 15 is 0 Å². The number of alkyl halides is 3. The Bertz CT molecular complexity index is 745. The van der Waals surface area contributed by atoms with Gasteiger partial charge in [-0.05, 0) is 25.0 Å². The maximum absolute atomic E-state index is 12.7. The molecule has 27 heavy (non-hydrogen) atoms. The molecule has 0 radical (unpaired) electrons. The first-order valence-electron chi connectivity index (χ1n) is 9.46. The van der Waals surface area contributed by atoms with E-state index in [1.807, 2.05) is 0 Å². The molecule has 4 rings (SSSR count). The molecule has 8 heteroatoms. The number of aromatic nitrogens is 2. The van der Waals surface area contributed by atoms with E-state index in [2.05, 4.69) is 19.9 Å². The van der Waals surface area contributed by atoms with Gasteiger partial charge in [-0.15, -0.1) is 0 Å². The van der Waals surface area contributed by atoms with Gasteiger partial charge in [0, 0.05) is 37.8 Å². The lowest BCUT2D eigenvalue weighted by Gasteiger charge is -2.37. The largest absolute Gasteiger partial charge is 0.416 e. The molecule has 1 saturated carbocycles. The normalized spacial score (nSPS) is 20.4. The summed E-state index contributed by atoms with van der Waals surface area (Å²) in [4.78, 5) is 9.22. The number of benzene rings is 1. The fourth-order valence-corrected chi connectivity index (χ4v) is 3.99. The second kappa shape index (κ2) is 7.59. The molecule has 1 saturated heterocycles. The van der Waals surface area contributed by atoms with Crippen LogP contribution in [0.5, 0.6) is 0 Å². The van der Waals surface area contributed by atoms with E-state index in [4.69, 9.17) is 4.52 Å². The summed E-state index contributed by atoms with van der Waals surface area (Å²) < 4.78 is 43.3. The number of hydrogen-bond acceptors (Lipinski definition) is 5. The highest BCUT2D eigenvalue weighted by atomic mass is 19.4. The second-order valence-electron chi connectivity index (χ2n) is 7.34. The van der Waals surface area contributed by atoms with E-state index in [-0.39, 0.29) is 0 Å². The van der Waals surface area contributed by atoms with Gasteiger partial charge in [-0.25, -0.2) is 0 Å². The Morgan fingerprint density at radius 2 is 1.67 bits per heavy atom. The minimum absolute atomic E-state index is 0.323. The SMILES string of the molecule is FC(F)(F)c1ccc(-c2noc(CN3CCN(C4CCCC4)CC3)n2)cc1. The summed E-state index contributed by atoms with van der Waals surface area (Å²) in [6, 6.07) is 5.57. The lowest BCUT2D eigenvalue weighted by atomic mass is 10.1. The summed E-state index contributed by atoms with van der Waals surface area (Å²) in [6.07, 6.45) is 0.987. The van der Waals surface area contributed by atoms with Crippen LogP contribution in [0.1, 0.15) is 37.1 Å². The monoisotopic (exact) mass is 380 g/mol. The van der Waals surface area contributed by atoms with Crippen molar-refractivity contribution in [3.63, 3.8) is 0 Å². The zero-order valence-corrected chi connectivity index (χ0v) is 15.1. The quantitative estimate of drug-likeness (QED) is 0.807. The smallest absolute Gasteiger partial charge is 0.338 e. The Morgan fingerprint density at radius 1 is 1.00 bits per heavy atom. The van der Waals surface area contributed by atoms with Crippen LogP contribution >= 0.6 is 0 Å². The van der Waals surface area contributed by atoms with Gasteiger partial charge in [0.15, 0.2) is 0 Å². The average Bonchev–Trinajstić information content (AvgIpc) is 3.34. The topological polar surface area (TPSA) is 45.4 Å². The van der Waals surface area contributed by atoms with Crippen molar-refractivity contribution in [2.75, 3.05) is 26.2 Å². The van der Waals surface area contributed by atoms with Crippen molar-refractivity contribution in [1.82, 2.24) is 19.9 Å². The van der Waals surface area contributed by atoms with Crippen LogP contribution in [0.2, 0.25) is 0 Å². The highest BCUT2D eigenvalue weighted by Crippen LogP contribution is 2.30. The molecule has 2 aliphatic rings. The number of halogens is 3. The molecule has 2 fully saturated rings. The molecule has 0 N–H and O–H groups in total. The summed E-state index contributed by atoms with van der Waals surface area (Å²) in [7, 11) is 0. The summed E-state index contributed by atoms with van der Waals surface area (Å²) in [5, 5.41) is 3.92. The lowest BCUT2D eigenvalue weighted by Crippen LogP contribution is -2.49. The Hall–Kier alpha value is -1.93. The van der Waals surface area contributed by atoms with Gasteiger partial charge in [0.05, 0.1) is 12.1 Å². The van der Waals surface area contributed by atoms with Crippen molar-refractivity contribution in [2.24, 2.45) is 0 Å². The first kappa shape index (κ1) is 18.4. The van der Waals surface area contributed by atoms with Gasteiger partial charge in [0.2, 0.25) is 11.7 Å². The maximum atomic E-state index is 12.7. The summed E-state index contributed by atoms with van der Waals surface area (Å²) in [5.41, 5.74) is -0.167. The molecule has 2 heterocycles. The van der Waals surface area contributed by atoms with Gasteiger partial charge in [0.1, 0.15) is 0 Å². The molecule has 0 amide bonds. The Morgan fingerprint density at radius 3 is 2.30 bits per heavy atom. The molecule has 0 atom stereocenters. The molecule has 0 spiro atoms. The summed E-state index contributed by atoms with van der Waals surface area (Å²) >= 11 is 0. The van der Waals surface area contributed by atoms with Crippen molar-refractivity contribution < 1.29 is 17.7 Å². The van der Waals surface area contributed by atoms with Crippen molar-refractivity contribution >= 4 is 0 Å². The van der Waals surface area contributed by atoms with Gasteiger partial charge in [0.25, 0.3) is 0 Å². The van der Waals surface area contributed by atoms with E-state index in [0.717, 1.165) is 44.4 Å². The van der Waals surface area contributed by atoms with Crippen LogP contribution in [0.15, 0.2) is 28.8 Å². The molecule has 0 bridgehead atoms. The highest BCUT2D eigenvalue weighted by Gasteiger charge is 2.30. The molecular weight excluding hydrogens is 357 g/mol. The van der Waals surface area contributed by atoms with Crippen LogP contribution in [0.3, 0.4) is 0 Å². The van der Waals surface area contributed by atoms with Crippen LogP contribution in [0, 0.1) is 0 Å². The molecule has 0 unspecified atom stereocenters. The summed E-state index contributed by atoms with van der Waals surface area (Å²) in [5.74, 6) is 0.822. The number of nitrogens with zero attached hydrogens (tertiary/aromatic N) is 4. The van der Waals surface area contributed by atoms with E-state index in [9.17, 15) is 13.2 Å². The minimum atomic E-state index is -4.35. The standard InChI is InChI=1S/C19H23F3N4O/c20-19(21,22)15-7-5-14(6-8-15)18-23-17(27-24-18)13-25-9-11-26(12-10-25)16-3-1-2-4-16/h5-8,16H,1-4,9-13H2. The van der Waals surface area contributed by atoms with Gasteiger partial charge in [-0.1, -0.05) is 30.1 Å². The van der Waals surface area contributed by atoms with Gasteiger partial charge < -0.3 is 4.52 Å². The molecule has 1 aliphatic carbocycles. The third-order valence-electron chi connectivity index (χ3n) is 5.55.